The molecular weight excluding hydrogens is 316 g/mol. The van der Waals surface area contributed by atoms with E-state index in [0.29, 0.717) is 16.3 Å². The fourth-order valence-corrected chi connectivity index (χ4v) is 3.28. The summed E-state index contributed by atoms with van der Waals surface area (Å²) in [7, 11) is 2.05. The predicted octanol–water partition coefficient (Wildman–Crippen LogP) is 2.89. The molecule has 1 saturated heterocycles. The van der Waals surface area contributed by atoms with Crippen molar-refractivity contribution in [3.05, 3.63) is 28.8 Å². The van der Waals surface area contributed by atoms with Crippen molar-refractivity contribution in [2.24, 2.45) is 0 Å². The van der Waals surface area contributed by atoms with E-state index in [4.69, 9.17) is 16.3 Å². The Hall–Kier alpha value is -1.30. The molecule has 0 spiro atoms. The summed E-state index contributed by atoms with van der Waals surface area (Å²) in [6.45, 7) is 8.34. The number of rotatable bonds is 5. The first-order chi connectivity index (χ1) is 10.8. The Labute approximate surface area is 142 Å². The van der Waals surface area contributed by atoms with Gasteiger partial charge in [-0.3, -0.25) is 9.69 Å². The number of carboxylic acid groups (broad SMARTS) is 1. The summed E-state index contributed by atoms with van der Waals surface area (Å²) in [5.41, 5.74) is 0.690. The molecule has 128 valence electrons. The molecular formula is C17H25ClN2O3. The van der Waals surface area contributed by atoms with E-state index in [-0.39, 0.29) is 12.1 Å². The molecule has 1 aliphatic rings. The monoisotopic (exact) mass is 340 g/mol. The van der Waals surface area contributed by atoms with Crippen molar-refractivity contribution < 1.29 is 14.6 Å². The van der Waals surface area contributed by atoms with Crippen LogP contribution in [0.2, 0.25) is 5.02 Å². The highest BCUT2D eigenvalue weighted by atomic mass is 35.5. The van der Waals surface area contributed by atoms with Crippen LogP contribution in [-0.4, -0.2) is 59.7 Å². The lowest BCUT2D eigenvalue weighted by Crippen LogP contribution is -2.53. The van der Waals surface area contributed by atoms with Crippen LogP contribution < -0.4 is 4.74 Å². The zero-order chi connectivity index (χ0) is 17.1. The fourth-order valence-electron chi connectivity index (χ4n) is 3.05. The number of halogens is 1. The van der Waals surface area contributed by atoms with Crippen LogP contribution >= 0.6 is 11.6 Å². The van der Waals surface area contributed by atoms with Gasteiger partial charge in [-0.2, -0.15) is 0 Å². The SMILES string of the molecule is CC(C)Oc1ccc(C(C(=O)O)N2CCN(C)CC2C)cc1Cl. The summed E-state index contributed by atoms with van der Waals surface area (Å²) in [4.78, 5) is 16.1. The minimum absolute atomic E-state index is 0.0197. The van der Waals surface area contributed by atoms with Gasteiger partial charge in [0.05, 0.1) is 11.1 Å². The quantitative estimate of drug-likeness (QED) is 0.893. The highest BCUT2D eigenvalue weighted by Gasteiger charge is 2.34. The molecule has 2 rings (SSSR count). The lowest BCUT2D eigenvalue weighted by molar-refractivity contribution is -0.145. The van der Waals surface area contributed by atoms with E-state index < -0.39 is 12.0 Å². The minimum Gasteiger partial charge on any atom is -0.489 e. The maximum Gasteiger partial charge on any atom is 0.325 e. The number of piperazine rings is 1. The number of carboxylic acids is 1. The largest absolute Gasteiger partial charge is 0.489 e. The Morgan fingerprint density at radius 3 is 2.61 bits per heavy atom. The first kappa shape index (κ1) is 18.0. The van der Waals surface area contributed by atoms with Crippen LogP contribution in [0, 0.1) is 0 Å². The molecule has 1 aromatic carbocycles. The summed E-state index contributed by atoms with van der Waals surface area (Å²) in [6, 6.07) is 4.75. The van der Waals surface area contributed by atoms with Gasteiger partial charge in [-0.25, -0.2) is 0 Å². The lowest BCUT2D eigenvalue weighted by Gasteiger charge is -2.41. The molecule has 0 saturated carbocycles. The second-order valence-electron chi connectivity index (χ2n) is 6.45. The van der Waals surface area contributed by atoms with E-state index in [0.717, 1.165) is 19.6 Å². The standard InChI is InChI=1S/C17H25ClN2O3/c1-11(2)23-15-6-5-13(9-14(15)18)16(17(21)22)20-8-7-19(4)10-12(20)3/h5-6,9,11-12,16H,7-8,10H2,1-4H3,(H,21,22). The normalized spacial score (nSPS) is 21.4. The van der Waals surface area contributed by atoms with Gasteiger partial charge in [0.15, 0.2) is 0 Å². The summed E-state index contributed by atoms with van der Waals surface area (Å²) >= 11 is 6.28. The summed E-state index contributed by atoms with van der Waals surface area (Å²) < 4.78 is 5.62. The molecule has 0 bridgehead atoms. The third-order valence-corrected chi connectivity index (χ3v) is 4.38. The molecule has 1 fully saturated rings. The zero-order valence-corrected chi connectivity index (χ0v) is 14.9. The van der Waals surface area contributed by atoms with Crippen molar-refractivity contribution >= 4 is 17.6 Å². The second kappa shape index (κ2) is 7.51. The van der Waals surface area contributed by atoms with E-state index in [1.807, 2.05) is 18.7 Å². The number of nitrogens with zero attached hydrogens (tertiary/aromatic N) is 2. The second-order valence-corrected chi connectivity index (χ2v) is 6.85. The van der Waals surface area contributed by atoms with Crippen molar-refractivity contribution in [1.82, 2.24) is 9.80 Å². The number of carbonyl (C=O) groups is 1. The first-order valence-corrected chi connectivity index (χ1v) is 8.30. The molecule has 5 nitrogen and oxygen atoms in total. The van der Waals surface area contributed by atoms with Crippen molar-refractivity contribution in [3.63, 3.8) is 0 Å². The number of likely N-dealkylation sites (N-methyl/N-ethyl adjacent to an activating group) is 1. The molecule has 1 heterocycles. The van der Waals surface area contributed by atoms with Crippen LogP contribution in [0.5, 0.6) is 5.75 Å². The van der Waals surface area contributed by atoms with Crippen LogP contribution in [0.15, 0.2) is 18.2 Å². The van der Waals surface area contributed by atoms with Crippen molar-refractivity contribution in [2.75, 3.05) is 26.7 Å². The van der Waals surface area contributed by atoms with Gasteiger partial charge in [0.25, 0.3) is 0 Å². The highest BCUT2D eigenvalue weighted by molar-refractivity contribution is 6.32. The third-order valence-electron chi connectivity index (χ3n) is 4.08. The maximum atomic E-state index is 11.9. The molecule has 6 heteroatoms. The topological polar surface area (TPSA) is 53.0 Å². The van der Waals surface area contributed by atoms with Gasteiger partial charge in [0, 0.05) is 25.7 Å². The summed E-state index contributed by atoms with van der Waals surface area (Å²) in [6.07, 6.45) is 0.0197. The molecule has 2 atom stereocenters. The molecule has 2 unspecified atom stereocenters. The Morgan fingerprint density at radius 2 is 2.09 bits per heavy atom. The van der Waals surface area contributed by atoms with Crippen LogP contribution in [0.25, 0.3) is 0 Å². The lowest BCUT2D eigenvalue weighted by atomic mass is 10.0. The Balaban J connectivity index is 2.28. The van der Waals surface area contributed by atoms with Crippen LogP contribution in [0.4, 0.5) is 0 Å². The number of benzene rings is 1. The van der Waals surface area contributed by atoms with E-state index in [2.05, 4.69) is 18.9 Å². The van der Waals surface area contributed by atoms with E-state index >= 15 is 0 Å². The molecule has 0 amide bonds. The molecule has 1 aromatic rings. The zero-order valence-electron chi connectivity index (χ0n) is 14.1. The summed E-state index contributed by atoms with van der Waals surface area (Å²) in [5, 5.41) is 10.2. The van der Waals surface area contributed by atoms with E-state index in [1.54, 1.807) is 18.2 Å². The highest BCUT2D eigenvalue weighted by Crippen LogP contribution is 2.32. The Kier molecular flexibility index (Phi) is 5.89. The van der Waals surface area contributed by atoms with Crippen LogP contribution in [-0.2, 0) is 4.79 Å². The third kappa shape index (κ3) is 4.37. The van der Waals surface area contributed by atoms with Gasteiger partial charge < -0.3 is 14.7 Å². The van der Waals surface area contributed by atoms with Crippen molar-refractivity contribution in [3.8, 4) is 5.75 Å². The molecule has 1 N–H and O–H groups in total. The number of hydrogen-bond acceptors (Lipinski definition) is 4. The van der Waals surface area contributed by atoms with Crippen molar-refractivity contribution in [2.45, 2.75) is 39.0 Å². The first-order valence-electron chi connectivity index (χ1n) is 7.92. The fraction of sp³-hybridized carbons (Fsp3) is 0.588. The van der Waals surface area contributed by atoms with Crippen LogP contribution in [0.1, 0.15) is 32.4 Å². The van der Waals surface area contributed by atoms with Gasteiger partial charge in [-0.05, 0) is 45.5 Å². The van der Waals surface area contributed by atoms with Crippen LogP contribution in [0.3, 0.4) is 0 Å². The molecule has 23 heavy (non-hydrogen) atoms. The minimum atomic E-state index is -0.852. The molecule has 0 aliphatic carbocycles. The number of ether oxygens (including phenoxy) is 1. The maximum absolute atomic E-state index is 11.9. The summed E-state index contributed by atoms with van der Waals surface area (Å²) in [5.74, 6) is -0.268. The predicted molar refractivity (Wildman–Crippen MR) is 91.3 cm³/mol. The number of aliphatic carboxylic acids is 1. The van der Waals surface area contributed by atoms with E-state index in [9.17, 15) is 9.90 Å². The average Bonchev–Trinajstić information content (AvgIpc) is 2.43. The van der Waals surface area contributed by atoms with Gasteiger partial charge in [-0.1, -0.05) is 17.7 Å². The van der Waals surface area contributed by atoms with Gasteiger partial charge in [0.1, 0.15) is 11.8 Å². The molecule has 1 aliphatic heterocycles. The van der Waals surface area contributed by atoms with Crippen molar-refractivity contribution in [1.29, 1.82) is 0 Å². The van der Waals surface area contributed by atoms with Gasteiger partial charge in [0.2, 0.25) is 0 Å². The average molecular weight is 341 g/mol. The van der Waals surface area contributed by atoms with Gasteiger partial charge in [-0.15, -0.1) is 0 Å². The van der Waals surface area contributed by atoms with E-state index in [1.165, 1.54) is 0 Å². The Morgan fingerprint density at radius 1 is 1.39 bits per heavy atom. The smallest absolute Gasteiger partial charge is 0.325 e. The number of hydrogen-bond donors (Lipinski definition) is 1. The molecule has 0 radical (unpaired) electrons. The Bertz CT molecular complexity index is 565. The van der Waals surface area contributed by atoms with Gasteiger partial charge >= 0.3 is 5.97 Å². The molecule has 0 aromatic heterocycles.